The van der Waals surface area contributed by atoms with Gasteiger partial charge in [0.25, 0.3) is 5.91 Å². The zero-order valence-corrected chi connectivity index (χ0v) is 18.7. The number of nitrogens with one attached hydrogen (secondary N) is 1. The first-order valence-electron chi connectivity index (χ1n) is 9.79. The highest BCUT2D eigenvalue weighted by atomic mass is 32.1. The summed E-state index contributed by atoms with van der Waals surface area (Å²) in [7, 11) is 1.27. The second kappa shape index (κ2) is 10.3. The molecule has 0 aliphatic heterocycles. The summed E-state index contributed by atoms with van der Waals surface area (Å²) >= 11 is 1.43. The Labute approximate surface area is 179 Å². The fourth-order valence-corrected chi connectivity index (χ4v) is 4.32. The van der Waals surface area contributed by atoms with Crippen molar-refractivity contribution in [1.29, 1.82) is 0 Å². The number of carbonyl (C=O) groups is 4. The summed E-state index contributed by atoms with van der Waals surface area (Å²) in [5.41, 5.74) is 0.341. The summed E-state index contributed by atoms with van der Waals surface area (Å²) in [6.45, 7) is 6.69. The summed E-state index contributed by atoms with van der Waals surface area (Å²) in [4.78, 5) is 49.4. The highest BCUT2D eigenvalue weighted by Crippen LogP contribution is 2.38. The van der Waals surface area contributed by atoms with E-state index in [1.807, 2.05) is 26.8 Å². The Morgan fingerprint density at radius 1 is 1.17 bits per heavy atom. The molecule has 0 saturated carbocycles. The summed E-state index contributed by atoms with van der Waals surface area (Å²) in [5.74, 6) is -1.58. The van der Waals surface area contributed by atoms with E-state index in [1.165, 1.54) is 25.4 Å². The smallest absolute Gasteiger partial charge is 0.328 e. The molecule has 0 saturated heterocycles. The maximum Gasteiger partial charge on any atom is 0.328 e. The molecule has 1 heterocycles. The maximum absolute atomic E-state index is 12.5. The van der Waals surface area contributed by atoms with Crippen molar-refractivity contribution in [3.05, 3.63) is 28.6 Å². The van der Waals surface area contributed by atoms with E-state index in [4.69, 9.17) is 9.47 Å². The van der Waals surface area contributed by atoms with Crippen LogP contribution in [0, 0.1) is 5.92 Å². The number of methoxy groups -OCH3 is 1. The van der Waals surface area contributed by atoms with Gasteiger partial charge in [-0.15, -0.1) is 11.3 Å². The molecular weight excluding hydrogens is 406 g/mol. The summed E-state index contributed by atoms with van der Waals surface area (Å²) < 4.78 is 11.3. The number of fused-ring (bicyclic) bond motifs is 1. The monoisotopic (exact) mass is 433 g/mol. The Bertz CT molecular complexity index is 962. The number of thiophene rings is 1. The zero-order chi connectivity index (χ0) is 22.4. The number of carbonyl (C=O) groups excluding carboxylic acids is 4. The Balaban J connectivity index is 2.26. The van der Waals surface area contributed by atoms with Gasteiger partial charge < -0.3 is 14.8 Å². The Hall–Kier alpha value is -2.74. The predicted molar refractivity (Wildman–Crippen MR) is 115 cm³/mol. The number of hydrogen-bond donors (Lipinski definition) is 1. The van der Waals surface area contributed by atoms with E-state index in [-0.39, 0.29) is 12.5 Å². The molecular formula is C22H27NO6S. The van der Waals surface area contributed by atoms with Gasteiger partial charge in [0.2, 0.25) is 5.78 Å². The van der Waals surface area contributed by atoms with Crippen LogP contribution in [0.1, 0.15) is 49.4 Å². The van der Waals surface area contributed by atoms with E-state index >= 15 is 0 Å². The van der Waals surface area contributed by atoms with Gasteiger partial charge in [0.05, 0.1) is 12.7 Å². The van der Waals surface area contributed by atoms with Crippen LogP contribution in [0.5, 0.6) is 5.75 Å². The molecule has 1 amide bonds. The molecule has 0 bridgehead atoms. The first kappa shape index (κ1) is 23.5. The van der Waals surface area contributed by atoms with Crippen LogP contribution in [-0.4, -0.2) is 43.2 Å². The molecule has 1 atom stereocenters. The van der Waals surface area contributed by atoms with E-state index in [1.54, 1.807) is 12.1 Å². The minimum atomic E-state index is -0.760. The number of aryl methyl sites for hydroxylation is 1. The van der Waals surface area contributed by atoms with Gasteiger partial charge in [-0.1, -0.05) is 26.8 Å². The van der Waals surface area contributed by atoms with Crippen molar-refractivity contribution in [3.8, 4) is 5.75 Å². The molecule has 0 spiro atoms. The van der Waals surface area contributed by atoms with E-state index in [9.17, 15) is 19.2 Å². The third-order valence-corrected chi connectivity index (χ3v) is 5.80. The Kier molecular flexibility index (Phi) is 8.11. The minimum absolute atomic E-state index is 0.183. The lowest BCUT2D eigenvalue weighted by molar-refractivity contribution is -0.145. The second-order valence-corrected chi connectivity index (χ2v) is 8.47. The lowest BCUT2D eigenvalue weighted by Crippen LogP contribution is -2.44. The molecule has 0 unspecified atom stereocenters. The fraction of sp³-hybridized carbons (Fsp3) is 0.455. The van der Waals surface area contributed by atoms with Crippen LogP contribution >= 0.6 is 11.3 Å². The van der Waals surface area contributed by atoms with Crippen molar-refractivity contribution in [2.45, 2.75) is 46.6 Å². The van der Waals surface area contributed by atoms with Gasteiger partial charge in [-0.05, 0) is 30.9 Å². The third kappa shape index (κ3) is 5.44. The zero-order valence-electron chi connectivity index (χ0n) is 17.9. The number of rotatable bonds is 10. The number of hydrogen-bond acceptors (Lipinski definition) is 7. The average molecular weight is 434 g/mol. The summed E-state index contributed by atoms with van der Waals surface area (Å²) in [5, 5.41) is 3.17. The van der Waals surface area contributed by atoms with Gasteiger partial charge in [0, 0.05) is 21.9 Å². The summed E-state index contributed by atoms with van der Waals surface area (Å²) in [6, 6.07) is 4.51. The normalized spacial score (nSPS) is 11.9. The van der Waals surface area contributed by atoms with Gasteiger partial charge in [-0.2, -0.15) is 0 Å². The van der Waals surface area contributed by atoms with Gasteiger partial charge in [-0.3, -0.25) is 14.4 Å². The van der Waals surface area contributed by atoms with Crippen molar-refractivity contribution >= 4 is 44.9 Å². The molecule has 1 aromatic carbocycles. The molecule has 8 heteroatoms. The van der Waals surface area contributed by atoms with E-state index in [0.717, 1.165) is 9.58 Å². The number of Topliss-reactive ketones (excluding diaryl/α,β-unsaturated/α-hetero) is 2. The number of amides is 1. The molecule has 2 aromatic rings. The Morgan fingerprint density at radius 2 is 1.87 bits per heavy atom. The van der Waals surface area contributed by atoms with Gasteiger partial charge in [-0.25, -0.2) is 4.79 Å². The predicted octanol–water partition coefficient (Wildman–Crippen LogP) is 3.32. The third-order valence-electron chi connectivity index (χ3n) is 4.50. The molecule has 0 radical (unpaired) electrons. The fourth-order valence-electron chi connectivity index (χ4n) is 3.16. The van der Waals surface area contributed by atoms with E-state index in [0.29, 0.717) is 29.5 Å². The second-order valence-electron chi connectivity index (χ2n) is 7.33. The van der Waals surface area contributed by atoms with Gasteiger partial charge in [0.15, 0.2) is 12.4 Å². The molecule has 1 aromatic heterocycles. The molecule has 30 heavy (non-hydrogen) atoms. The Morgan fingerprint density at radius 3 is 2.43 bits per heavy atom. The summed E-state index contributed by atoms with van der Waals surface area (Å²) in [6.07, 6.45) is 1.04. The van der Waals surface area contributed by atoms with Crippen molar-refractivity contribution in [3.63, 3.8) is 0 Å². The lowest BCUT2D eigenvalue weighted by Gasteiger charge is -2.18. The maximum atomic E-state index is 12.5. The molecule has 0 fully saturated rings. The highest BCUT2D eigenvalue weighted by Gasteiger charge is 2.25. The van der Waals surface area contributed by atoms with Crippen molar-refractivity contribution in [2.75, 3.05) is 13.7 Å². The van der Waals surface area contributed by atoms with Crippen LogP contribution < -0.4 is 10.1 Å². The standard InChI is InChI=1S/C22H27NO6S/c1-6-16-20(21(26)13(4)24)19-15(8-7-9-17(19)30-16)29-11-18(25)23-14(10-12(2)3)22(27)28-5/h7-9,12,14H,6,10-11H2,1-5H3,(H,23,25)/t14-/m0/s1. The number of ether oxygens (including phenoxy) is 2. The van der Waals surface area contributed by atoms with Crippen molar-refractivity contribution in [1.82, 2.24) is 5.32 Å². The van der Waals surface area contributed by atoms with Gasteiger partial charge >= 0.3 is 5.97 Å². The van der Waals surface area contributed by atoms with Crippen LogP contribution in [0.2, 0.25) is 0 Å². The van der Waals surface area contributed by atoms with Crippen molar-refractivity contribution < 1.29 is 28.7 Å². The lowest BCUT2D eigenvalue weighted by atomic mass is 10.0. The van der Waals surface area contributed by atoms with Crippen LogP contribution in [0.15, 0.2) is 18.2 Å². The largest absolute Gasteiger partial charge is 0.483 e. The first-order valence-corrected chi connectivity index (χ1v) is 10.6. The molecule has 0 aliphatic rings. The number of esters is 1. The highest BCUT2D eigenvalue weighted by molar-refractivity contribution is 7.19. The number of benzene rings is 1. The number of ketones is 2. The van der Waals surface area contributed by atoms with Gasteiger partial charge in [0.1, 0.15) is 11.8 Å². The van der Waals surface area contributed by atoms with Crippen LogP contribution in [0.25, 0.3) is 10.1 Å². The van der Waals surface area contributed by atoms with E-state index < -0.39 is 29.5 Å². The quantitative estimate of drug-likeness (QED) is 0.351. The molecule has 1 N–H and O–H groups in total. The first-order chi connectivity index (χ1) is 14.2. The minimum Gasteiger partial charge on any atom is -0.483 e. The van der Waals surface area contributed by atoms with Crippen LogP contribution in [-0.2, 0) is 25.5 Å². The average Bonchev–Trinajstić information content (AvgIpc) is 3.09. The molecule has 0 aliphatic carbocycles. The van der Waals surface area contributed by atoms with Crippen LogP contribution in [0.3, 0.4) is 0 Å². The molecule has 2 rings (SSSR count). The van der Waals surface area contributed by atoms with Crippen molar-refractivity contribution in [2.24, 2.45) is 5.92 Å². The van der Waals surface area contributed by atoms with E-state index in [2.05, 4.69) is 5.32 Å². The molecule has 7 nitrogen and oxygen atoms in total. The van der Waals surface area contributed by atoms with Crippen LogP contribution in [0.4, 0.5) is 0 Å². The SMILES string of the molecule is CCc1sc2cccc(OCC(=O)N[C@@H](CC(C)C)C(=O)OC)c2c1C(=O)C(C)=O. The molecule has 162 valence electrons. The topological polar surface area (TPSA) is 98.8 Å².